The lowest BCUT2D eigenvalue weighted by Gasteiger charge is -2.46. The van der Waals surface area contributed by atoms with Gasteiger partial charge in [0.1, 0.15) is 0 Å². The summed E-state index contributed by atoms with van der Waals surface area (Å²) in [5, 5.41) is 2.70. The zero-order valence-corrected chi connectivity index (χ0v) is 40.2. The molecule has 8 aromatic rings. The topological polar surface area (TPSA) is 0 Å². The molecule has 0 radical (unpaired) electrons. The molecule has 0 atom stereocenters. The molecule has 0 saturated carbocycles. The third-order valence-corrected chi connectivity index (χ3v) is 14.9. The molecule has 0 bridgehead atoms. The first-order valence-electron chi connectivity index (χ1n) is 23.5. The van der Waals surface area contributed by atoms with Crippen LogP contribution in [0.15, 0.2) is 170 Å². The van der Waals surface area contributed by atoms with E-state index in [1.165, 1.54) is 99.8 Å². The van der Waals surface area contributed by atoms with Crippen LogP contribution in [0.4, 0.5) is 0 Å². The summed E-state index contributed by atoms with van der Waals surface area (Å²) in [6.07, 6.45) is 0. The zero-order chi connectivity index (χ0) is 45.2. The van der Waals surface area contributed by atoms with Crippen molar-refractivity contribution in [2.24, 2.45) is 0 Å². The van der Waals surface area contributed by atoms with Crippen molar-refractivity contribution in [1.82, 2.24) is 0 Å². The van der Waals surface area contributed by atoms with E-state index >= 15 is 0 Å². The molecule has 0 amide bonds. The summed E-state index contributed by atoms with van der Waals surface area (Å²) in [6.45, 7) is 27.8. The molecule has 2 aliphatic rings. The molecule has 64 heavy (non-hydrogen) atoms. The first-order valence-corrected chi connectivity index (χ1v) is 23.5. The summed E-state index contributed by atoms with van der Waals surface area (Å²) in [5.74, 6) is 0. The lowest BCUT2D eigenvalue weighted by Crippen LogP contribution is -2.37. The molecule has 10 rings (SSSR count). The van der Waals surface area contributed by atoms with Crippen molar-refractivity contribution in [1.29, 1.82) is 0 Å². The van der Waals surface area contributed by atoms with E-state index in [1.807, 2.05) is 0 Å². The van der Waals surface area contributed by atoms with Crippen LogP contribution < -0.4 is 0 Å². The zero-order valence-electron chi connectivity index (χ0n) is 40.2. The summed E-state index contributed by atoms with van der Waals surface area (Å²) in [7, 11) is 0. The van der Waals surface area contributed by atoms with Crippen LogP contribution in [0, 0.1) is 0 Å². The van der Waals surface area contributed by atoms with Gasteiger partial charge < -0.3 is 0 Å². The highest BCUT2D eigenvalue weighted by Gasteiger charge is 2.49. The standard InChI is InChI=1S/C64H64/c1-59(2,3)41-21-29-45(30-22-41)63(46-31-23-42(24-32-46)60(4,5)6)53-19-15-13-17-49(53)51-37-38-52-50-18-14-16-20-54(50)64(56-40-39-55(63)57(51)58(52)56,47-33-25-43(26-34-47)61(7,8)9)48-35-27-44(28-36-48)62(10,11)12/h13-40H,1-12H3. The van der Waals surface area contributed by atoms with E-state index in [-0.39, 0.29) is 21.7 Å². The molecular weight excluding hydrogens is 769 g/mol. The van der Waals surface area contributed by atoms with Gasteiger partial charge in [-0.2, -0.15) is 0 Å². The first kappa shape index (κ1) is 42.0. The van der Waals surface area contributed by atoms with E-state index < -0.39 is 10.8 Å². The van der Waals surface area contributed by atoms with Gasteiger partial charge in [0.15, 0.2) is 0 Å². The minimum atomic E-state index is -0.587. The Morgan fingerprint density at radius 2 is 0.484 bits per heavy atom. The number of rotatable bonds is 4. The molecule has 0 heteroatoms. The summed E-state index contributed by atoms with van der Waals surface area (Å²) >= 11 is 0. The number of hydrogen-bond acceptors (Lipinski definition) is 0. The maximum Gasteiger partial charge on any atom is 0.0713 e. The molecule has 0 heterocycles. The maximum absolute atomic E-state index is 2.53. The van der Waals surface area contributed by atoms with Crippen LogP contribution in [-0.4, -0.2) is 0 Å². The van der Waals surface area contributed by atoms with Gasteiger partial charge in [0.25, 0.3) is 0 Å². The smallest absolute Gasteiger partial charge is 0.0619 e. The normalized spacial score (nSPS) is 15.1. The van der Waals surface area contributed by atoms with Crippen LogP contribution in [0.25, 0.3) is 33.0 Å². The van der Waals surface area contributed by atoms with Crippen LogP contribution in [0.3, 0.4) is 0 Å². The van der Waals surface area contributed by atoms with E-state index in [9.17, 15) is 0 Å². The van der Waals surface area contributed by atoms with Gasteiger partial charge in [0.2, 0.25) is 0 Å². The first-order chi connectivity index (χ1) is 30.3. The van der Waals surface area contributed by atoms with Gasteiger partial charge in [-0.25, -0.2) is 0 Å². The molecule has 0 nitrogen and oxygen atoms in total. The highest BCUT2D eigenvalue weighted by Crippen LogP contribution is 2.62. The quantitative estimate of drug-likeness (QED) is 0.166. The van der Waals surface area contributed by atoms with Crippen LogP contribution in [0.5, 0.6) is 0 Å². The molecule has 0 saturated heterocycles. The monoisotopic (exact) mass is 833 g/mol. The summed E-state index contributed by atoms with van der Waals surface area (Å²) in [5.41, 5.74) is 20.0. The largest absolute Gasteiger partial charge is 0.0713 e. The van der Waals surface area contributed by atoms with Gasteiger partial charge in [0.05, 0.1) is 10.8 Å². The van der Waals surface area contributed by atoms with Gasteiger partial charge in [-0.1, -0.05) is 253 Å². The Kier molecular flexibility index (Phi) is 9.36. The van der Waals surface area contributed by atoms with Crippen molar-refractivity contribution >= 4 is 10.8 Å². The van der Waals surface area contributed by atoms with Gasteiger partial charge in [0, 0.05) is 0 Å². The maximum atomic E-state index is 2.53. The van der Waals surface area contributed by atoms with E-state index in [1.54, 1.807) is 0 Å². The molecular formula is C64H64. The van der Waals surface area contributed by atoms with Gasteiger partial charge >= 0.3 is 0 Å². The van der Waals surface area contributed by atoms with Crippen molar-refractivity contribution in [2.45, 2.75) is 116 Å². The molecule has 2 aliphatic carbocycles. The second kappa shape index (κ2) is 14.3. The number of benzene rings is 8. The Morgan fingerprint density at radius 1 is 0.234 bits per heavy atom. The SMILES string of the molecule is CC(C)(C)c1ccc(C2(c3ccc(C(C)(C)C)cc3)c3ccccc3-c3ccc4c5c(ccc2c35)C(c2ccc(C(C)(C)C)cc2)(c2ccc(C(C)(C)C)cc2)c2ccccc2-4)cc1. The molecule has 0 aromatic heterocycles. The predicted octanol–water partition coefficient (Wildman–Crippen LogP) is 16.8. The highest BCUT2D eigenvalue weighted by atomic mass is 14.5. The Morgan fingerprint density at radius 3 is 0.734 bits per heavy atom. The van der Waals surface area contributed by atoms with E-state index in [0.29, 0.717) is 0 Å². The minimum Gasteiger partial charge on any atom is -0.0619 e. The van der Waals surface area contributed by atoms with Gasteiger partial charge in [-0.3, -0.25) is 0 Å². The third-order valence-electron chi connectivity index (χ3n) is 14.9. The molecule has 0 spiro atoms. The van der Waals surface area contributed by atoms with Crippen LogP contribution in [-0.2, 0) is 32.5 Å². The average Bonchev–Trinajstić information content (AvgIpc) is 3.27. The van der Waals surface area contributed by atoms with Crippen molar-refractivity contribution in [3.8, 4) is 22.3 Å². The summed E-state index contributed by atoms with van der Waals surface area (Å²) in [4.78, 5) is 0. The number of fused-ring (bicyclic) bond motifs is 4. The molecule has 0 unspecified atom stereocenters. The van der Waals surface area contributed by atoms with Crippen molar-refractivity contribution in [2.75, 3.05) is 0 Å². The lowest BCUT2D eigenvalue weighted by atomic mass is 9.55. The Hall–Kier alpha value is -5.98. The second-order valence-corrected chi connectivity index (χ2v) is 23.0. The fourth-order valence-electron chi connectivity index (χ4n) is 11.4. The third kappa shape index (κ3) is 6.15. The molecule has 0 fully saturated rings. The molecule has 320 valence electrons. The fraction of sp³-hybridized carbons (Fsp3) is 0.281. The highest BCUT2D eigenvalue weighted by molar-refractivity contribution is 6.14. The van der Waals surface area contributed by atoms with E-state index in [2.05, 4.69) is 253 Å². The second-order valence-electron chi connectivity index (χ2n) is 23.0. The van der Waals surface area contributed by atoms with Crippen LogP contribution in [0.2, 0.25) is 0 Å². The summed E-state index contributed by atoms with van der Waals surface area (Å²) < 4.78 is 0. The van der Waals surface area contributed by atoms with Crippen molar-refractivity contribution in [3.63, 3.8) is 0 Å². The predicted molar refractivity (Wildman–Crippen MR) is 273 cm³/mol. The number of hydrogen-bond donors (Lipinski definition) is 0. The Labute approximate surface area is 383 Å². The minimum absolute atomic E-state index is 0.0326. The molecule has 0 N–H and O–H groups in total. The average molecular weight is 833 g/mol. The van der Waals surface area contributed by atoms with Gasteiger partial charge in [-0.15, -0.1) is 0 Å². The van der Waals surface area contributed by atoms with Crippen molar-refractivity contribution in [3.05, 3.63) is 237 Å². The van der Waals surface area contributed by atoms with E-state index in [4.69, 9.17) is 0 Å². The molecule has 8 aromatic carbocycles. The van der Waals surface area contributed by atoms with Gasteiger partial charge in [-0.05, 0) is 121 Å². The fourth-order valence-corrected chi connectivity index (χ4v) is 11.4. The Bertz CT molecular complexity index is 2740. The van der Waals surface area contributed by atoms with Crippen LogP contribution in [0.1, 0.15) is 150 Å². The van der Waals surface area contributed by atoms with Crippen LogP contribution >= 0.6 is 0 Å². The van der Waals surface area contributed by atoms with Crippen molar-refractivity contribution < 1.29 is 0 Å². The summed E-state index contributed by atoms with van der Waals surface area (Å²) in [6, 6.07) is 67.0. The lowest BCUT2D eigenvalue weighted by molar-refractivity contribution is 0.587. The van der Waals surface area contributed by atoms with E-state index in [0.717, 1.165) is 0 Å². The Balaban J connectivity index is 1.38. The molecule has 0 aliphatic heterocycles.